The van der Waals surface area contributed by atoms with Crippen LogP contribution in [0, 0.1) is 6.92 Å². The Bertz CT molecular complexity index is 724. The molecule has 2 fully saturated rings. The van der Waals surface area contributed by atoms with Gasteiger partial charge in [-0.05, 0) is 36.8 Å². The van der Waals surface area contributed by atoms with Gasteiger partial charge in [-0.1, -0.05) is 0 Å². The first-order valence-corrected chi connectivity index (χ1v) is 9.59. The Kier molecular flexibility index (Phi) is 4.43. The molecule has 2 aliphatic heterocycles. The number of carbonyl (C=O) groups is 1. The summed E-state index contributed by atoms with van der Waals surface area (Å²) in [6.45, 7) is 5.64. The van der Waals surface area contributed by atoms with Crippen LogP contribution >= 0.6 is 11.3 Å². The number of rotatable bonds is 2. The number of nitrogens with zero attached hydrogens (tertiary/aromatic N) is 4. The normalized spacial score (nSPS) is 20.0. The first-order valence-electron chi connectivity index (χ1n) is 8.64. The third-order valence-corrected chi connectivity index (χ3v) is 5.71. The fourth-order valence-electron chi connectivity index (χ4n) is 3.55. The van der Waals surface area contributed by atoms with Crippen molar-refractivity contribution >= 4 is 23.2 Å². The number of hydrogen-bond donors (Lipinski definition) is 0. The number of piperidine rings is 1. The second-order valence-electron chi connectivity index (χ2n) is 6.82. The zero-order valence-corrected chi connectivity index (χ0v) is 15.2. The molecule has 0 aromatic carbocycles. The van der Waals surface area contributed by atoms with Crippen molar-refractivity contribution in [1.29, 1.82) is 0 Å². The van der Waals surface area contributed by atoms with E-state index in [1.165, 1.54) is 0 Å². The van der Waals surface area contributed by atoms with Crippen LogP contribution in [0.1, 0.15) is 28.8 Å². The van der Waals surface area contributed by atoms with Gasteiger partial charge in [-0.3, -0.25) is 4.79 Å². The number of ether oxygens (including phenoxy) is 1. The topological polar surface area (TPSA) is 58.6 Å². The van der Waals surface area contributed by atoms with Crippen molar-refractivity contribution in [3.05, 3.63) is 40.3 Å². The number of carbonyl (C=O) groups excluding carboxylic acids is 1. The molecule has 25 heavy (non-hydrogen) atoms. The van der Waals surface area contributed by atoms with Gasteiger partial charge in [-0.2, -0.15) is 11.3 Å². The van der Waals surface area contributed by atoms with Crippen LogP contribution in [0.5, 0.6) is 0 Å². The van der Waals surface area contributed by atoms with Crippen LogP contribution in [0.4, 0.5) is 5.95 Å². The lowest BCUT2D eigenvalue weighted by molar-refractivity contribution is -0.111. The van der Waals surface area contributed by atoms with Gasteiger partial charge in [0.05, 0.1) is 24.3 Å². The van der Waals surface area contributed by atoms with Gasteiger partial charge < -0.3 is 14.5 Å². The third-order valence-electron chi connectivity index (χ3n) is 5.03. The molecule has 0 bridgehead atoms. The van der Waals surface area contributed by atoms with Crippen LogP contribution in [0.25, 0.3) is 0 Å². The molecule has 2 aliphatic rings. The molecule has 0 atom stereocenters. The summed E-state index contributed by atoms with van der Waals surface area (Å²) in [5.41, 5.74) is 1.62. The van der Waals surface area contributed by atoms with E-state index in [0.717, 1.165) is 43.0 Å². The minimum Gasteiger partial charge on any atom is -0.371 e. The predicted molar refractivity (Wildman–Crippen MR) is 97.1 cm³/mol. The van der Waals surface area contributed by atoms with Crippen LogP contribution in [0.2, 0.25) is 0 Å². The SMILES string of the molecule is Cc1cnc(N2CCC3(CC2)CN(C(=O)c2ccsc2)CCO3)nc1. The Hall–Kier alpha value is -1.99. The van der Waals surface area contributed by atoms with Gasteiger partial charge in [-0.15, -0.1) is 0 Å². The van der Waals surface area contributed by atoms with Crippen LogP contribution in [-0.2, 0) is 4.74 Å². The molecule has 0 aliphatic carbocycles. The number of hydrogen-bond acceptors (Lipinski definition) is 6. The smallest absolute Gasteiger partial charge is 0.254 e. The molecule has 0 unspecified atom stereocenters. The van der Waals surface area contributed by atoms with Crippen molar-refractivity contribution in [2.24, 2.45) is 0 Å². The second-order valence-corrected chi connectivity index (χ2v) is 7.60. The summed E-state index contributed by atoms with van der Waals surface area (Å²) in [7, 11) is 0. The number of anilines is 1. The number of morpholine rings is 1. The number of thiophene rings is 1. The summed E-state index contributed by atoms with van der Waals surface area (Å²) >= 11 is 1.56. The molecule has 1 amide bonds. The van der Waals surface area contributed by atoms with E-state index in [0.29, 0.717) is 19.7 Å². The standard InChI is InChI=1S/C18H22N4O2S/c1-14-10-19-17(20-11-14)21-5-3-18(4-6-21)13-22(7-8-24-18)16(23)15-2-9-25-12-15/h2,9-12H,3-8,13H2,1H3. The maximum atomic E-state index is 12.7. The summed E-state index contributed by atoms with van der Waals surface area (Å²) in [5.74, 6) is 0.899. The van der Waals surface area contributed by atoms with Crippen molar-refractivity contribution in [1.82, 2.24) is 14.9 Å². The average Bonchev–Trinajstić information content (AvgIpc) is 3.17. The molecule has 2 aromatic heterocycles. The van der Waals surface area contributed by atoms with Gasteiger partial charge in [0.2, 0.25) is 5.95 Å². The summed E-state index contributed by atoms with van der Waals surface area (Å²) < 4.78 is 6.15. The Morgan fingerprint density at radius 2 is 2.00 bits per heavy atom. The third kappa shape index (κ3) is 3.39. The van der Waals surface area contributed by atoms with Crippen molar-refractivity contribution < 1.29 is 9.53 Å². The van der Waals surface area contributed by atoms with Gasteiger partial charge in [-0.25, -0.2) is 9.97 Å². The minimum absolute atomic E-state index is 0.119. The maximum absolute atomic E-state index is 12.7. The number of aromatic nitrogens is 2. The van der Waals surface area contributed by atoms with Crippen molar-refractivity contribution in [2.75, 3.05) is 37.7 Å². The molecule has 6 nitrogen and oxygen atoms in total. The van der Waals surface area contributed by atoms with Gasteiger partial charge in [0, 0.05) is 37.4 Å². The van der Waals surface area contributed by atoms with E-state index in [1.807, 2.05) is 41.0 Å². The zero-order valence-electron chi connectivity index (χ0n) is 14.4. The van der Waals surface area contributed by atoms with Crippen molar-refractivity contribution in [3.63, 3.8) is 0 Å². The lowest BCUT2D eigenvalue weighted by Gasteiger charge is -2.47. The molecule has 4 rings (SSSR count). The van der Waals surface area contributed by atoms with Gasteiger partial charge in [0.1, 0.15) is 0 Å². The number of amides is 1. The van der Waals surface area contributed by atoms with Crippen LogP contribution < -0.4 is 4.90 Å². The van der Waals surface area contributed by atoms with E-state index in [1.54, 1.807) is 11.3 Å². The monoisotopic (exact) mass is 358 g/mol. The fourth-order valence-corrected chi connectivity index (χ4v) is 4.18. The first-order chi connectivity index (χ1) is 12.2. The van der Waals surface area contributed by atoms with Crippen LogP contribution in [0.15, 0.2) is 29.2 Å². The molecule has 2 saturated heterocycles. The van der Waals surface area contributed by atoms with Crippen molar-refractivity contribution in [2.45, 2.75) is 25.4 Å². The van der Waals surface area contributed by atoms with E-state index >= 15 is 0 Å². The highest BCUT2D eigenvalue weighted by Gasteiger charge is 2.41. The highest BCUT2D eigenvalue weighted by atomic mass is 32.1. The molecular weight excluding hydrogens is 336 g/mol. The van der Waals surface area contributed by atoms with E-state index < -0.39 is 0 Å². The Labute approximate surface area is 151 Å². The molecule has 132 valence electrons. The highest BCUT2D eigenvalue weighted by Crippen LogP contribution is 2.32. The summed E-state index contributed by atoms with van der Waals surface area (Å²) in [6.07, 6.45) is 5.48. The molecule has 0 radical (unpaired) electrons. The summed E-state index contributed by atoms with van der Waals surface area (Å²) in [5, 5.41) is 3.87. The highest BCUT2D eigenvalue weighted by molar-refractivity contribution is 7.08. The first kappa shape index (κ1) is 16.5. The Morgan fingerprint density at radius 1 is 1.24 bits per heavy atom. The van der Waals surface area contributed by atoms with Gasteiger partial charge >= 0.3 is 0 Å². The van der Waals surface area contributed by atoms with E-state index in [2.05, 4.69) is 14.9 Å². The molecular formula is C18H22N4O2S. The van der Waals surface area contributed by atoms with E-state index in [9.17, 15) is 4.79 Å². The van der Waals surface area contributed by atoms with E-state index in [4.69, 9.17) is 4.74 Å². The average molecular weight is 358 g/mol. The summed E-state index contributed by atoms with van der Waals surface area (Å²) in [6, 6.07) is 1.90. The molecule has 7 heteroatoms. The molecule has 0 N–H and O–H groups in total. The quantitative estimate of drug-likeness (QED) is 0.825. The van der Waals surface area contributed by atoms with Crippen LogP contribution in [0.3, 0.4) is 0 Å². The second kappa shape index (κ2) is 6.72. The molecule has 4 heterocycles. The maximum Gasteiger partial charge on any atom is 0.254 e. The van der Waals surface area contributed by atoms with Gasteiger partial charge in [0.25, 0.3) is 5.91 Å². The lowest BCUT2D eigenvalue weighted by Crippen LogP contribution is -2.58. The summed E-state index contributed by atoms with van der Waals surface area (Å²) in [4.78, 5) is 25.6. The number of aryl methyl sites for hydroxylation is 1. The fraction of sp³-hybridized carbons (Fsp3) is 0.500. The van der Waals surface area contributed by atoms with E-state index in [-0.39, 0.29) is 11.5 Å². The Balaban J connectivity index is 1.41. The van der Waals surface area contributed by atoms with Gasteiger partial charge in [0.15, 0.2) is 0 Å². The Morgan fingerprint density at radius 3 is 2.68 bits per heavy atom. The zero-order chi connectivity index (χ0) is 17.3. The molecule has 1 spiro atoms. The van der Waals surface area contributed by atoms with Crippen LogP contribution in [-0.4, -0.2) is 59.2 Å². The molecule has 2 aromatic rings. The molecule has 0 saturated carbocycles. The predicted octanol–water partition coefficient (Wildman–Crippen LogP) is 2.36. The van der Waals surface area contributed by atoms with Crippen molar-refractivity contribution in [3.8, 4) is 0 Å². The lowest BCUT2D eigenvalue weighted by atomic mass is 9.89. The largest absolute Gasteiger partial charge is 0.371 e. The minimum atomic E-state index is -0.231.